The molecule has 0 aromatic heterocycles. The van der Waals surface area contributed by atoms with Crippen molar-refractivity contribution >= 4 is 0 Å². The molecule has 0 spiro atoms. The zero-order valence-electron chi connectivity index (χ0n) is 9.92. The van der Waals surface area contributed by atoms with Gasteiger partial charge in [0.2, 0.25) is 0 Å². The number of methoxy groups -OCH3 is 1. The second-order valence-corrected chi connectivity index (χ2v) is 4.56. The van der Waals surface area contributed by atoms with Crippen LogP contribution in [0.25, 0.3) is 0 Å². The lowest BCUT2D eigenvalue weighted by Gasteiger charge is -2.41. The Morgan fingerprint density at radius 1 is 1.50 bits per heavy atom. The van der Waals surface area contributed by atoms with Crippen molar-refractivity contribution in [3.8, 4) is 0 Å². The SMILES string of the molecule is COCC(C(C)C)N1CCNCC1C. The van der Waals surface area contributed by atoms with Crippen LogP contribution in [0.2, 0.25) is 0 Å². The molecular formula is C11H24N2O. The van der Waals surface area contributed by atoms with Gasteiger partial charge in [0.25, 0.3) is 0 Å². The quantitative estimate of drug-likeness (QED) is 0.731. The minimum atomic E-state index is 0.567. The van der Waals surface area contributed by atoms with Crippen LogP contribution in [0.5, 0.6) is 0 Å². The number of nitrogens with one attached hydrogen (secondary N) is 1. The van der Waals surface area contributed by atoms with Gasteiger partial charge in [-0.2, -0.15) is 0 Å². The topological polar surface area (TPSA) is 24.5 Å². The standard InChI is InChI=1S/C11H24N2O/c1-9(2)11(8-14-4)13-6-5-12-7-10(13)3/h9-12H,5-8H2,1-4H3. The molecule has 0 radical (unpaired) electrons. The summed E-state index contributed by atoms with van der Waals surface area (Å²) in [5.74, 6) is 0.662. The van der Waals surface area contributed by atoms with E-state index in [1.54, 1.807) is 7.11 Å². The van der Waals surface area contributed by atoms with E-state index in [9.17, 15) is 0 Å². The summed E-state index contributed by atoms with van der Waals surface area (Å²) in [7, 11) is 1.79. The minimum Gasteiger partial charge on any atom is -0.383 e. The van der Waals surface area contributed by atoms with E-state index in [4.69, 9.17) is 4.74 Å². The van der Waals surface area contributed by atoms with Crippen molar-refractivity contribution in [1.29, 1.82) is 0 Å². The van der Waals surface area contributed by atoms with E-state index in [0.717, 1.165) is 26.2 Å². The molecule has 84 valence electrons. The molecule has 1 aliphatic heterocycles. The number of piperazine rings is 1. The fraction of sp³-hybridized carbons (Fsp3) is 1.00. The van der Waals surface area contributed by atoms with Crippen molar-refractivity contribution in [2.24, 2.45) is 5.92 Å². The average molecular weight is 200 g/mol. The maximum atomic E-state index is 5.30. The van der Waals surface area contributed by atoms with Gasteiger partial charge in [0, 0.05) is 38.8 Å². The molecule has 1 saturated heterocycles. The molecule has 14 heavy (non-hydrogen) atoms. The van der Waals surface area contributed by atoms with Crippen LogP contribution in [0.15, 0.2) is 0 Å². The predicted molar refractivity (Wildman–Crippen MR) is 59.5 cm³/mol. The molecular weight excluding hydrogens is 176 g/mol. The molecule has 0 aromatic rings. The molecule has 1 heterocycles. The third-order valence-electron chi connectivity index (χ3n) is 3.09. The predicted octanol–water partition coefficient (Wildman–Crippen LogP) is 0.951. The van der Waals surface area contributed by atoms with Crippen LogP contribution < -0.4 is 5.32 Å². The van der Waals surface area contributed by atoms with Gasteiger partial charge < -0.3 is 10.1 Å². The van der Waals surface area contributed by atoms with Crippen molar-refractivity contribution < 1.29 is 4.74 Å². The van der Waals surface area contributed by atoms with E-state index in [0.29, 0.717) is 18.0 Å². The summed E-state index contributed by atoms with van der Waals surface area (Å²) in [4.78, 5) is 2.57. The molecule has 1 fully saturated rings. The molecule has 0 bridgehead atoms. The summed E-state index contributed by atoms with van der Waals surface area (Å²) < 4.78 is 5.30. The molecule has 2 unspecified atom stereocenters. The lowest BCUT2D eigenvalue weighted by Crippen LogP contribution is -2.56. The van der Waals surface area contributed by atoms with E-state index < -0.39 is 0 Å². The third kappa shape index (κ3) is 2.94. The molecule has 1 N–H and O–H groups in total. The smallest absolute Gasteiger partial charge is 0.0620 e. The van der Waals surface area contributed by atoms with Crippen LogP contribution in [-0.2, 0) is 4.74 Å². The van der Waals surface area contributed by atoms with Gasteiger partial charge in [-0.3, -0.25) is 4.90 Å². The summed E-state index contributed by atoms with van der Waals surface area (Å²) in [5, 5.41) is 3.42. The number of hydrogen-bond acceptors (Lipinski definition) is 3. The first-order valence-corrected chi connectivity index (χ1v) is 5.62. The number of ether oxygens (including phenoxy) is 1. The monoisotopic (exact) mass is 200 g/mol. The van der Waals surface area contributed by atoms with Crippen LogP contribution in [0.1, 0.15) is 20.8 Å². The van der Waals surface area contributed by atoms with Gasteiger partial charge in [-0.25, -0.2) is 0 Å². The Labute approximate surface area is 87.8 Å². The average Bonchev–Trinajstić information content (AvgIpc) is 2.15. The second kappa shape index (κ2) is 5.69. The van der Waals surface area contributed by atoms with Crippen molar-refractivity contribution in [3.63, 3.8) is 0 Å². The summed E-state index contributed by atoms with van der Waals surface area (Å²) >= 11 is 0. The summed E-state index contributed by atoms with van der Waals surface area (Å²) in [6.45, 7) is 11.0. The largest absolute Gasteiger partial charge is 0.383 e. The Hall–Kier alpha value is -0.120. The first-order chi connectivity index (χ1) is 6.66. The summed E-state index contributed by atoms with van der Waals surface area (Å²) in [6, 6.07) is 1.20. The van der Waals surface area contributed by atoms with Crippen molar-refractivity contribution in [2.75, 3.05) is 33.4 Å². The van der Waals surface area contributed by atoms with Crippen LogP contribution in [0, 0.1) is 5.92 Å². The van der Waals surface area contributed by atoms with Gasteiger partial charge in [0.05, 0.1) is 6.61 Å². The minimum absolute atomic E-state index is 0.567. The third-order valence-corrected chi connectivity index (χ3v) is 3.09. The maximum absolute atomic E-state index is 5.30. The molecule has 0 saturated carbocycles. The Bertz CT molecular complexity index is 159. The molecule has 3 heteroatoms. The number of rotatable bonds is 4. The Morgan fingerprint density at radius 3 is 2.71 bits per heavy atom. The normalized spacial score (nSPS) is 26.8. The van der Waals surface area contributed by atoms with Crippen molar-refractivity contribution in [2.45, 2.75) is 32.9 Å². The first-order valence-electron chi connectivity index (χ1n) is 5.62. The fourth-order valence-electron chi connectivity index (χ4n) is 2.19. The van der Waals surface area contributed by atoms with E-state index >= 15 is 0 Å². The van der Waals surface area contributed by atoms with Crippen LogP contribution in [0.3, 0.4) is 0 Å². The van der Waals surface area contributed by atoms with Crippen LogP contribution in [-0.4, -0.2) is 50.3 Å². The molecule has 3 nitrogen and oxygen atoms in total. The van der Waals surface area contributed by atoms with Crippen molar-refractivity contribution in [1.82, 2.24) is 10.2 Å². The summed E-state index contributed by atoms with van der Waals surface area (Å²) in [6.07, 6.45) is 0. The van der Waals surface area contributed by atoms with Gasteiger partial charge in [0.15, 0.2) is 0 Å². The van der Waals surface area contributed by atoms with Crippen molar-refractivity contribution in [3.05, 3.63) is 0 Å². The van der Waals surface area contributed by atoms with E-state index in [1.165, 1.54) is 0 Å². The lowest BCUT2D eigenvalue weighted by molar-refractivity contribution is 0.0299. The van der Waals surface area contributed by atoms with Gasteiger partial charge in [0.1, 0.15) is 0 Å². The molecule has 2 atom stereocenters. The summed E-state index contributed by atoms with van der Waals surface area (Å²) in [5.41, 5.74) is 0. The Balaban J connectivity index is 2.55. The van der Waals surface area contributed by atoms with Gasteiger partial charge in [-0.15, -0.1) is 0 Å². The zero-order chi connectivity index (χ0) is 10.6. The highest BCUT2D eigenvalue weighted by Gasteiger charge is 2.27. The maximum Gasteiger partial charge on any atom is 0.0620 e. The fourth-order valence-corrected chi connectivity index (χ4v) is 2.19. The van der Waals surface area contributed by atoms with E-state index in [1.807, 2.05) is 0 Å². The van der Waals surface area contributed by atoms with E-state index in [2.05, 4.69) is 31.0 Å². The molecule has 0 aromatic carbocycles. The Kier molecular flexibility index (Phi) is 4.85. The number of hydrogen-bond donors (Lipinski definition) is 1. The Morgan fingerprint density at radius 2 is 2.21 bits per heavy atom. The van der Waals surface area contributed by atoms with Crippen LogP contribution in [0.4, 0.5) is 0 Å². The number of nitrogens with zero attached hydrogens (tertiary/aromatic N) is 1. The van der Waals surface area contributed by atoms with E-state index in [-0.39, 0.29) is 0 Å². The lowest BCUT2D eigenvalue weighted by atomic mass is 10.0. The molecule has 1 rings (SSSR count). The molecule has 0 amide bonds. The highest BCUT2D eigenvalue weighted by molar-refractivity contribution is 4.83. The van der Waals surface area contributed by atoms with Gasteiger partial charge >= 0.3 is 0 Å². The molecule has 1 aliphatic rings. The van der Waals surface area contributed by atoms with Gasteiger partial charge in [-0.05, 0) is 12.8 Å². The van der Waals surface area contributed by atoms with Gasteiger partial charge in [-0.1, -0.05) is 13.8 Å². The van der Waals surface area contributed by atoms with Crippen LogP contribution >= 0.6 is 0 Å². The first kappa shape index (κ1) is 12.0. The highest BCUT2D eigenvalue weighted by atomic mass is 16.5. The highest BCUT2D eigenvalue weighted by Crippen LogP contribution is 2.15. The molecule has 0 aliphatic carbocycles. The second-order valence-electron chi connectivity index (χ2n) is 4.56. The zero-order valence-corrected chi connectivity index (χ0v) is 9.92.